The van der Waals surface area contributed by atoms with Crippen molar-refractivity contribution in [2.75, 3.05) is 0 Å². The summed E-state index contributed by atoms with van der Waals surface area (Å²) in [5.41, 5.74) is 1.23. The standard InChI is InChI=1S/C8H7O2.Be.H/c1-6-2-4-7(5-3-6)8(9)10;;/h2,4-5H,1H3,(H,9,10);;/q-1;+2;-1. The third-order valence-corrected chi connectivity index (χ3v) is 1.22. The minimum atomic E-state index is -0.906. The van der Waals surface area contributed by atoms with E-state index in [-0.39, 0.29) is 17.1 Å². The molecular weight excluding hydrogens is 137 g/mol. The van der Waals surface area contributed by atoms with Crippen molar-refractivity contribution in [3.8, 4) is 0 Å². The average Bonchev–Trinajstić information content (AvgIpc) is 1.88. The van der Waals surface area contributed by atoms with Gasteiger partial charge in [0.2, 0.25) is 0 Å². The Morgan fingerprint density at radius 3 is 2.64 bits per heavy atom. The number of aryl methyl sites for hydroxylation is 1. The molecule has 0 bridgehead atoms. The topological polar surface area (TPSA) is 37.3 Å². The second-order valence-corrected chi connectivity index (χ2v) is 2.07. The molecule has 1 rings (SSSR count). The molecule has 0 aliphatic heterocycles. The van der Waals surface area contributed by atoms with Crippen LogP contribution in [0.15, 0.2) is 18.2 Å². The minimum Gasteiger partial charge on any atom is -1.00 e. The number of carbonyl (C=O) groups is 1. The van der Waals surface area contributed by atoms with Gasteiger partial charge in [-0.05, 0) is 0 Å². The van der Waals surface area contributed by atoms with Gasteiger partial charge >= 0.3 is 10.1 Å². The molecule has 1 aromatic carbocycles. The Kier molecular flexibility index (Phi) is 3.49. The van der Waals surface area contributed by atoms with E-state index in [0.29, 0.717) is 0 Å². The third-order valence-electron chi connectivity index (χ3n) is 1.22. The van der Waals surface area contributed by atoms with E-state index in [1.165, 1.54) is 6.07 Å². The largest absolute Gasteiger partial charge is 2.00 e. The summed E-state index contributed by atoms with van der Waals surface area (Å²) in [6.45, 7) is 1.87. The summed E-state index contributed by atoms with van der Waals surface area (Å²) in [6.07, 6.45) is 0. The Morgan fingerprint density at radius 2 is 2.27 bits per heavy atom. The van der Waals surface area contributed by atoms with Crippen LogP contribution in [0.25, 0.3) is 0 Å². The summed E-state index contributed by atoms with van der Waals surface area (Å²) in [4.78, 5) is 10.3. The molecule has 0 unspecified atom stereocenters. The first-order chi connectivity index (χ1) is 4.70. The van der Waals surface area contributed by atoms with Crippen LogP contribution in [0.5, 0.6) is 0 Å². The molecule has 11 heavy (non-hydrogen) atoms. The third kappa shape index (κ3) is 2.52. The van der Waals surface area contributed by atoms with Crippen LogP contribution in [0.4, 0.5) is 0 Å². The Balaban J connectivity index is 0. The number of hydrogen-bond acceptors (Lipinski definition) is 1. The van der Waals surface area contributed by atoms with Crippen LogP contribution in [0, 0.1) is 13.0 Å². The van der Waals surface area contributed by atoms with Crippen LogP contribution in [-0.4, -0.2) is 21.2 Å². The molecule has 0 amide bonds. The fourth-order valence-electron chi connectivity index (χ4n) is 0.636. The first-order valence-corrected chi connectivity index (χ1v) is 2.92. The van der Waals surface area contributed by atoms with Crippen LogP contribution < -0.4 is 0 Å². The second-order valence-electron chi connectivity index (χ2n) is 2.07. The fourth-order valence-corrected chi connectivity index (χ4v) is 0.636. The maximum absolute atomic E-state index is 10.3. The molecule has 54 valence electrons. The molecule has 0 saturated heterocycles. The molecule has 1 N–H and O–H groups in total. The molecule has 0 atom stereocenters. The van der Waals surface area contributed by atoms with Gasteiger partial charge in [-0.3, -0.25) is 4.79 Å². The predicted octanol–water partition coefficient (Wildman–Crippen LogP) is 1.23. The van der Waals surface area contributed by atoms with E-state index < -0.39 is 5.97 Å². The molecule has 2 nitrogen and oxygen atoms in total. The van der Waals surface area contributed by atoms with Crippen LogP contribution in [0.1, 0.15) is 17.3 Å². The summed E-state index contributed by atoms with van der Waals surface area (Å²) >= 11 is 0. The van der Waals surface area contributed by atoms with Gasteiger partial charge < -0.3 is 6.53 Å². The molecule has 1 aromatic rings. The van der Waals surface area contributed by atoms with E-state index in [4.69, 9.17) is 5.11 Å². The molecule has 0 spiro atoms. The Hall–Kier alpha value is -1.14. The maximum atomic E-state index is 10.3. The fraction of sp³-hybridized carbons (Fsp3) is 0.125. The Morgan fingerprint density at radius 1 is 1.64 bits per heavy atom. The maximum Gasteiger partial charge on any atom is 2.00 e. The van der Waals surface area contributed by atoms with Crippen LogP contribution in [-0.2, 0) is 0 Å². The molecule has 0 aliphatic carbocycles. The summed E-state index contributed by atoms with van der Waals surface area (Å²) in [7, 11) is 0. The summed E-state index contributed by atoms with van der Waals surface area (Å²) in [6, 6.07) is 7.56. The number of hydrogen-bond donors (Lipinski definition) is 1. The first-order valence-electron chi connectivity index (χ1n) is 2.92. The van der Waals surface area contributed by atoms with Gasteiger partial charge in [0.05, 0.1) is 0 Å². The van der Waals surface area contributed by atoms with E-state index in [1.807, 2.05) is 6.92 Å². The van der Waals surface area contributed by atoms with Crippen molar-refractivity contribution in [3.63, 3.8) is 0 Å². The zero-order valence-electron chi connectivity index (χ0n) is 7.29. The van der Waals surface area contributed by atoms with E-state index in [1.54, 1.807) is 12.1 Å². The Bertz CT molecular complexity index is 246. The number of rotatable bonds is 1. The molecule has 0 radical (unpaired) electrons. The van der Waals surface area contributed by atoms with Gasteiger partial charge in [-0.25, -0.2) is 0 Å². The van der Waals surface area contributed by atoms with Crippen molar-refractivity contribution in [2.24, 2.45) is 0 Å². The molecule has 0 aromatic heterocycles. The SMILES string of the molecule is Cc1[c-]cc(C(=O)O)cc1.[Be+2].[H-]. The summed E-state index contributed by atoms with van der Waals surface area (Å²) in [5.74, 6) is -0.906. The summed E-state index contributed by atoms with van der Waals surface area (Å²) in [5, 5.41) is 8.46. The van der Waals surface area contributed by atoms with E-state index in [9.17, 15) is 4.79 Å². The van der Waals surface area contributed by atoms with E-state index in [2.05, 4.69) is 6.07 Å². The van der Waals surface area contributed by atoms with Crippen LogP contribution in [0.3, 0.4) is 0 Å². The molecule has 0 fully saturated rings. The Labute approximate surface area is 70.6 Å². The molecule has 0 aliphatic rings. The first kappa shape index (κ1) is 9.86. The monoisotopic (exact) mass is 145 g/mol. The van der Waals surface area contributed by atoms with Gasteiger partial charge in [-0.2, -0.15) is 29.8 Å². The van der Waals surface area contributed by atoms with Crippen molar-refractivity contribution >= 4 is 16.1 Å². The molecule has 3 heteroatoms. The van der Waals surface area contributed by atoms with Crippen molar-refractivity contribution in [1.82, 2.24) is 0 Å². The van der Waals surface area contributed by atoms with Gasteiger partial charge in [-0.1, -0.05) is 12.5 Å². The van der Waals surface area contributed by atoms with Crippen LogP contribution >= 0.6 is 0 Å². The second kappa shape index (κ2) is 3.89. The van der Waals surface area contributed by atoms with Gasteiger partial charge in [0.25, 0.3) is 5.97 Å². The summed E-state index contributed by atoms with van der Waals surface area (Å²) < 4.78 is 0. The number of carboxylic acid groups (broad SMARTS) is 1. The smallest absolute Gasteiger partial charge is 1.00 e. The van der Waals surface area contributed by atoms with Gasteiger partial charge in [0, 0.05) is 0 Å². The van der Waals surface area contributed by atoms with Crippen molar-refractivity contribution in [1.29, 1.82) is 0 Å². The van der Waals surface area contributed by atoms with Crippen molar-refractivity contribution in [3.05, 3.63) is 35.4 Å². The number of carboxylic acids is 1. The van der Waals surface area contributed by atoms with Gasteiger partial charge in [0.15, 0.2) is 0 Å². The molecule has 0 saturated carbocycles. The van der Waals surface area contributed by atoms with Crippen molar-refractivity contribution < 1.29 is 11.3 Å². The quantitative estimate of drug-likeness (QED) is 0.476. The number of aromatic carboxylic acids is 1. The zero-order valence-corrected chi connectivity index (χ0v) is 6.29. The van der Waals surface area contributed by atoms with Gasteiger partial charge in [-0.15, -0.1) is 0 Å². The predicted molar refractivity (Wildman–Crippen MR) is 43.8 cm³/mol. The van der Waals surface area contributed by atoms with Crippen LogP contribution in [0.2, 0.25) is 0 Å². The van der Waals surface area contributed by atoms with Crippen molar-refractivity contribution in [2.45, 2.75) is 6.92 Å². The molecular formula is C8H8BeO2. The van der Waals surface area contributed by atoms with E-state index >= 15 is 0 Å². The minimum absolute atomic E-state index is 0. The zero-order chi connectivity index (χ0) is 7.56. The average molecular weight is 145 g/mol. The number of benzene rings is 1. The normalized spacial score (nSPS) is 8.45. The molecule has 0 heterocycles. The van der Waals surface area contributed by atoms with Gasteiger partial charge in [0.1, 0.15) is 0 Å². The van der Waals surface area contributed by atoms with E-state index in [0.717, 1.165) is 5.56 Å².